The molecule has 1 aliphatic carbocycles. The van der Waals surface area contributed by atoms with E-state index in [4.69, 9.17) is 4.74 Å². The lowest BCUT2D eigenvalue weighted by molar-refractivity contribution is 0.0332. The highest BCUT2D eigenvalue weighted by molar-refractivity contribution is 7.89. The summed E-state index contributed by atoms with van der Waals surface area (Å²) in [6.45, 7) is 6.29. The molecule has 0 spiro atoms. The van der Waals surface area contributed by atoms with Gasteiger partial charge in [0.1, 0.15) is 0 Å². The monoisotopic (exact) mass is 477 g/mol. The molecule has 2 saturated heterocycles. The quantitative estimate of drug-likeness (QED) is 0.603. The van der Waals surface area contributed by atoms with Crippen LogP contribution in [0.25, 0.3) is 0 Å². The molecular weight excluding hydrogens is 438 g/mol. The van der Waals surface area contributed by atoms with E-state index in [9.17, 15) is 13.2 Å². The van der Waals surface area contributed by atoms with Gasteiger partial charge in [-0.2, -0.15) is 4.31 Å². The van der Waals surface area contributed by atoms with E-state index in [1.54, 1.807) is 31.3 Å². The summed E-state index contributed by atoms with van der Waals surface area (Å²) in [6.07, 6.45) is 8.35. The fourth-order valence-corrected chi connectivity index (χ4v) is 6.86. The van der Waals surface area contributed by atoms with Gasteiger partial charge in [0.25, 0.3) is 5.91 Å². The molecule has 1 aromatic carbocycles. The molecule has 7 nitrogen and oxygen atoms in total. The number of amides is 1. The Hall–Kier alpha value is -1.48. The van der Waals surface area contributed by atoms with Crippen LogP contribution in [0.1, 0.15) is 61.7 Å². The molecule has 4 rings (SSSR count). The number of sulfonamides is 1. The molecule has 184 valence electrons. The zero-order valence-corrected chi connectivity index (χ0v) is 20.8. The molecular formula is C25H39N3O4S. The first-order valence-corrected chi connectivity index (χ1v) is 14.1. The molecule has 1 amide bonds. The molecule has 0 radical (unpaired) electrons. The molecule has 0 bridgehead atoms. The van der Waals surface area contributed by atoms with E-state index in [-0.39, 0.29) is 16.8 Å². The minimum Gasteiger partial charge on any atom is -0.379 e. The van der Waals surface area contributed by atoms with Gasteiger partial charge in [-0.3, -0.25) is 9.69 Å². The number of benzene rings is 1. The Morgan fingerprint density at radius 3 is 2.42 bits per heavy atom. The Morgan fingerprint density at radius 2 is 1.73 bits per heavy atom. The number of carbonyl (C=O) groups is 1. The molecule has 8 heteroatoms. The van der Waals surface area contributed by atoms with Crippen molar-refractivity contribution in [2.24, 2.45) is 5.92 Å². The van der Waals surface area contributed by atoms with Crippen LogP contribution in [0.5, 0.6) is 0 Å². The first-order valence-electron chi connectivity index (χ1n) is 12.6. The number of carbonyl (C=O) groups excluding carboxylic acids is 1. The van der Waals surface area contributed by atoms with Crippen LogP contribution in [0.4, 0.5) is 0 Å². The fraction of sp³-hybridized carbons (Fsp3) is 0.720. The summed E-state index contributed by atoms with van der Waals surface area (Å²) in [5.74, 6) is 0.590. The molecule has 1 aromatic rings. The van der Waals surface area contributed by atoms with E-state index < -0.39 is 10.0 Å². The summed E-state index contributed by atoms with van der Waals surface area (Å²) >= 11 is 0. The highest BCUT2D eigenvalue weighted by atomic mass is 32.2. The summed E-state index contributed by atoms with van der Waals surface area (Å²) in [5, 5.41) is 0. The summed E-state index contributed by atoms with van der Waals surface area (Å²) in [6, 6.07) is 6.68. The molecule has 0 atom stereocenters. The molecule has 33 heavy (non-hydrogen) atoms. The molecule has 3 fully saturated rings. The van der Waals surface area contributed by atoms with Crippen molar-refractivity contribution in [1.82, 2.24) is 14.1 Å². The number of morpholine rings is 1. The third-order valence-electron chi connectivity index (χ3n) is 7.71. The van der Waals surface area contributed by atoms with E-state index in [1.807, 2.05) is 4.90 Å². The van der Waals surface area contributed by atoms with E-state index in [0.717, 1.165) is 84.5 Å². The molecule has 2 heterocycles. The molecule has 0 N–H and O–H groups in total. The van der Waals surface area contributed by atoms with Crippen molar-refractivity contribution in [3.05, 3.63) is 29.8 Å². The predicted octanol–water partition coefficient (Wildman–Crippen LogP) is 3.21. The summed E-state index contributed by atoms with van der Waals surface area (Å²) in [7, 11) is -1.92. The Bertz CT molecular complexity index is 887. The second kappa shape index (κ2) is 11.3. The molecule has 0 unspecified atom stereocenters. The summed E-state index contributed by atoms with van der Waals surface area (Å²) in [5.41, 5.74) is 0.472. The van der Waals surface area contributed by atoms with Crippen LogP contribution in [0, 0.1) is 5.92 Å². The smallest absolute Gasteiger partial charge is 0.253 e. The second-order valence-electron chi connectivity index (χ2n) is 9.82. The van der Waals surface area contributed by atoms with E-state index in [0.29, 0.717) is 11.5 Å². The standard InChI is InChI=1S/C25H39N3O4S/c1-26(23-7-3-2-4-8-23)33(30,31)24-9-5-6-22(20-24)25(29)28-14-11-21(12-15-28)10-13-27-16-18-32-19-17-27/h5-6,9,20-21,23H,2-4,7-8,10-19H2,1H3. The van der Waals surface area contributed by atoms with Gasteiger partial charge in [-0.05, 0) is 62.8 Å². The van der Waals surface area contributed by atoms with Crippen LogP contribution < -0.4 is 0 Å². The summed E-state index contributed by atoms with van der Waals surface area (Å²) < 4.78 is 33.4. The zero-order chi connectivity index (χ0) is 23.3. The maximum Gasteiger partial charge on any atom is 0.253 e. The van der Waals surface area contributed by atoms with Crippen molar-refractivity contribution in [3.8, 4) is 0 Å². The Labute approximate surface area is 199 Å². The van der Waals surface area contributed by atoms with Gasteiger partial charge >= 0.3 is 0 Å². The van der Waals surface area contributed by atoms with Gasteiger partial charge in [-0.1, -0.05) is 25.3 Å². The maximum atomic E-state index is 13.2. The number of nitrogens with zero attached hydrogens (tertiary/aromatic N) is 3. The average molecular weight is 478 g/mol. The molecule has 0 aromatic heterocycles. The minimum atomic E-state index is -3.60. The number of likely N-dealkylation sites (tertiary alicyclic amines) is 1. The third-order valence-corrected chi connectivity index (χ3v) is 9.61. The summed E-state index contributed by atoms with van der Waals surface area (Å²) in [4.78, 5) is 17.7. The highest BCUT2D eigenvalue weighted by Gasteiger charge is 2.30. The van der Waals surface area contributed by atoms with Crippen LogP contribution in [-0.2, 0) is 14.8 Å². The topological polar surface area (TPSA) is 70.2 Å². The van der Waals surface area contributed by atoms with Gasteiger partial charge < -0.3 is 9.64 Å². The van der Waals surface area contributed by atoms with E-state index >= 15 is 0 Å². The zero-order valence-electron chi connectivity index (χ0n) is 20.0. The normalized spacial score (nSPS) is 22.1. The van der Waals surface area contributed by atoms with Crippen molar-refractivity contribution in [1.29, 1.82) is 0 Å². The molecule has 2 aliphatic heterocycles. The van der Waals surface area contributed by atoms with Gasteiger partial charge in [-0.15, -0.1) is 0 Å². The first kappa shape index (κ1) is 24.6. The Morgan fingerprint density at radius 1 is 1.03 bits per heavy atom. The molecule has 3 aliphatic rings. The molecule has 1 saturated carbocycles. The maximum absolute atomic E-state index is 13.2. The van der Waals surface area contributed by atoms with Gasteiger partial charge in [0.15, 0.2) is 0 Å². The number of piperidine rings is 1. The Kier molecular flexibility index (Phi) is 8.43. The Balaban J connectivity index is 1.33. The number of rotatable bonds is 7. The third kappa shape index (κ3) is 6.15. The number of hydrogen-bond acceptors (Lipinski definition) is 5. The first-order chi connectivity index (χ1) is 15.9. The van der Waals surface area contributed by atoms with Gasteiger partial charge in [0, 0.05) is 44.8 Å². The van der Waals surface area contributed by atoms with Crippen LogP contribution in [-0.4, -0.2) is 87.5 Å². The van der Waals surface area contributed by atoms with Crippen molar-refractivity contribution in [3.63, 3.8) is 0 Å². The highest BCUT2D eigenvalue weighted by Crippen LogP contribution is 2.28. The van der Waals surface area contributed by atoms with Gasteiger partial charge in [0.05, 0.1) is 18.1 Å². The van der Waals surface area contributed by atoms with Crippen LogP contribution in [0.3, 0.4) is 0 Å². The van der Waals surface area contributed by atoms with Crippen molar-refractivity contribution in [2.75, 3.05) is 53.0 Å². The van der Waals surface area contributed by atoms with Gasteiger partial charge in [-0.25, -0.2) is 8.42 Å². The van der Waals surface area contributed by atoms with Crippen LogP contribution >= 0.6 is 0 Å². The second-order valence-corrected chi connectivity index (χ2v) is 11.8. The largest absolute Gasteiger partial charge is 0.379 e. The lowest BCUT2D eigenvalue weighted by atomic mass is 9.93. The van der Waals surface area contributed by atoms with Crippen LogP contribution in [0.2, 0.25) is 0 Å². The fourth-order valence-electron chi connectivity index (χ4n) is 5.39. The van der Waals surface area contributed by atoms with Gasteiger partial charge in [0.2, 0.25) is 10.0 Å². The number of hydrogen-bond donors (Lipinski definition) is 0. The number of ether oxygens (including phenoxy) is 1. The lowest BCUT2D eigenvalue weighted by Crippen LogP contribution is -2.41. The SMILES string of the molecule is CN(C1CCCCC1)S(=O)(=O)c1cccc(C(=O)N2CCC(CCN3CCOCC3)CC2)c1. The van der Waals surface area contributed by atoms with Crippen LogP contribution in [0.15, 0.2) is 29.2 Å². The minimum absolute atomic E-state index is 0.0552. The van der Waals surface area contributed by atoms with Crippen molar-refractivity contribution < 1.29 is 17.9 Å². The van der Waals surface area contributed by atoms with E-state index in [2.05, 4.69) is 4.90 Å². The van der Waals surface area contributed by atoms with Crippen molar-refractivity contribution in [2.45, 2.75) is 62.3 Å². The predicted molar refractivity (Wildman–Crippen MR) is 129 cm³/mol. The van der Waals surface area contributed by atoms with Crippen molar-refractivity contribution >= 4 is 15.9 Å². The van der Waals surface area contributed by atoms with E-state index in [1.165, 1.54) is 17.1 Å². The lowest BCUT2D eigenvalue weighted by Gasteiger charge is -2.34. The average Bonchev–Trinajstić information content (AvgIpc) is 2.88.